The van der Waals surface area contributed by atoms with E-state index in [1.807, 2.05) is 60.7 Å². The smallest absolute Gasteiger partial charge is 0.311 e. The van der Waals surface area contributed by atoms with Gasteiger partial charge in [0.1, 0.15) is 6.61 Å². The Morgan fingerprint density at radius 3 is 2.19 bits per heavy atom. The van der Waals surface area contributed by atoms with Gasteiger partial charge in [-0.05, 0) is 17.5 Å². The molecule has 1 fully saturated rings. The summed E-state index contributed by atoms with van der Waals surface area (Å²) in [7, 11) is 0. The molecule has 0 aromatic heterocycles. The maximum atomic E-state index is 12.3. The summed E-state index contributed by atoms with van der Waals surface area (Å²) in [4.78, 5) is 38.2. The maximum absolute atomic E-state index is 12.3. The monoisotopic (exact) mass is 351 g/mol. The molecule has 2 aromatic rings. The second kappa shape index (κ2) is 8.43. The van der Waals surface area contributed by atoms with Crippen molar-refractivity contribution in [2.75, 3.05) is 13.1 Å². The lowest BCUT2D eigenvalue weighted by atomic mass is 10.1. The number of likely N-dealkylation sites (tertiary alicyclic amines) is 1. The predicted octanol–water partition coefficient (Wildman–Crippen LogP) is 2.39. The summed E-state index contributed by atoms with van der Waals surface area (Å²) in [5, 5.41) is 0. The van der Waals surface area contributed by atoms with Crippen LogP contribution in [0.5, 0.6) is 0 Å². The minimum Gasteiger partial charge on any atom is -0.461 e. The molecule has 1 saturated heterocycles. The fraction of sp³-hybridized carbons (Fsp3) is 0.286. The van der Waals surface area contributed by atoms with Crippen LogP contribution in [-0.4, -0.2) is 35.6 Å². The lowest BCUT2D eigenvalue weighted by molar-refractivity contribution is -0.150. The Morgan fingerprint density at radius 1 is 0.923 bits per heavy atom. The van der Waals surface area contributed by atoms with Gasteiger partial charge in [0.05, 0.1) is 5.92 Å². The Morgan fingerprint density at radius 2 is 1.54 bits per heavy atom. The van der Waals surface area contributed by atoms with E-state index in [1.54, 1.807) is 0 Å². The van der Waals surface area contributed by atoms with Gasteiger partial charge in [0.25, 0.3) is 5.91 Å². The summed E-state index contributed by atoms with van der Waals surface area (Å²) in [6.07, 6.45) is 0.608. The van der Waals surface area contributed by atoms with E-state index in [-0.39, 0.29) is 31.5 Å². The van der Waals surface area contributed by atoms with Crippen LogP contribution in [0.4, 0.5) is 0 Å². The van der Waals surface area contributed by atoms with Gasteiger partial charge in [-0.15, -0.1) is 0 Å². The summed E-state index contributed by atoms with van der Waals surface area (Å²) in [5.74, 6) is -1.66. The largest absolute Gasteiger partial charge is 0.461 e. The number of Topliss-reactive ketones (excluding diaryl/α,β-unsaturated/α-hetero) is 1. The lowest BCUT2D eigenvalue weighted by Crippen LogP contribution is -2.36. The highest BCUT2D eigenvalue weighted by atomic mass is 16.5. The average molecular weight is 351 g/mol. The van der Waals surface area contributed by atoms with E-state index in [4.69, 9.17) is 4.74 Å². The highest BCUT2D eigenvalue weighted by Crippen LogP contribution is 2.19. The fourth-order valence-corrected chi connectivity index (χ4v) is 3.02. The van der Waals surface area contributed by atoms with Crippen molar-refractivity contribution in [1.82, 2.24) is 4.90 Å². The van der Waals surface area contributed by atoms with Gasteiger partial charge in [0.15, 0.2) is 0 Å². The zero-order valence-electron chi connectivity index (χ0n) is 14.5. The Labute approximate surface area is 152 Å². The zero-order chi connectivity index (χ0) is 18.4. The molecule has 0 bridgehead atoms. The van der Waals surface area contributed by atoms with E-state index < -0.39 is 11.7 Å². The van der Waals surface area contributed by atoms with Gasteiger partial charge >= 0.3 is 5.97 Å². The third-order valence-electron chi connectivity index (χ3n) is 4.48. The molecular weight excluding hydrogens is 330 g/mol. The van der Waals surface area contributed by atoms with Crippen molar-refractivity contribution in [3.05, 3.63) is 71.8 Å². The molecule has 5 heteroatoms. The van der Waals surface area contributed by atoms with Gasteiger partial charge in [0.2, 0.25) is 5.78 Å². The number of rotatable bonds is 6. The molecule has 3 rings (SSSR count). The quantitative estimate of drug-likeness (QED) is 0.592. The van der Waals surface area contributed by atoms with Crippen LogP contribution in [0.15, 0.2) is 60.7 Å². The van der Waals surface area contributed by atoms with Crippen molar-refractivity contribution in [1.29, 1.82) is 0 Å². The van der Waals surface area contributed by atoms with Crippen molar-refractivity contribution in [3.8, 4) is 0 Å². The van der Waals surface area contributed by atoms with Gasteiger partial charge in [-0.3, -0.25) is 14.4 Å². The Balaban J connectivity index is 1.48. The first kappa shape index (κ1) is 17.9. The first-order valence-electron chi connectivity index (χ1n) is 8.70. The van der Waals surface area contributed by atoms with Gasteiger partial charge in [-0.2, -0.15) is 0 Å². The molecule has 0 spiro atoms. The predicted molar refractivity (Wildman–Crippen MR) is 96.1 cm³/mol. The average Bonchev–Trinajstić information content (AvgIpc) is 3.17. The van der Waals surface area contributed by atoms with Crippen LogP contribution in [0.3, 0.4) is 0 Å². The molecule has 2 aromatic carbocycles. The molecule has 26 heavy (non-hydrogen) atoms. The second-order valence-corrected chi connectivity index (χ2v) is 6.42. The number of amides is 1. The number of hydrogen-bond acceptors (Lipinski definition) is 4. The van der Waals surface area contributed by atoms with E-state index in [2.05, 4.69) is 0 Å². The van der Waals surface area contributed by atoms with E-state index in [0.717, 1.165) is 11.1 Å². The molecule has 1 amide bonds. The van der Waals surface area contributed by atoms with Crippen LogP contribution in [0.1, 0.15) is 17.5 Å². The third-order valence-corrected chi connectivity index (χ3v) is 4.48. The van der Waals surface area contributed by atoms with Crippen LogP contribution in [0, 0.1) is 5.92 Å². The van der Waals surface area contributed by atoms with Gasteiger partial charge in [-0.25, -0.2) is 0 Å². The maximum Gasteiger partial charge on any atom is 0.311 e. The Bertz CT molecular complexity index is 773. The fourth-order valence-electron chi connectivity index (χ4n) is 3.02. The SMILES string of the molecule is O=C(Cc1ccccc1)C(=O)N1CC[C@@H](C(=O)OCc2ccccc2)C1. The lowest BCUT2D eigenvalue weighted by Gasteiger charge is -2.15. The topological polar surface area (TPSA) is 63.7 Å². The number of ketones is 1. The number of carbonyl (C=O) groups excluding carboxylic acids is 3. The molecule has 0 N–H and O–H groups in total. The van der Waals surface area contributed by atoms with Crippen molar-refractivity contribution in [2.24, 2.45) is 5.92 Å². The minimum absolute atomic E-state index is 0.0826. The van der Waals surface area contributed by atoms with Crippen molar-refractivity contribution < 1.29 is 19.1 Å². The van der Waals surface area contributed by atoms with Crippen LogP contribution in [0.25, 0.3) is 0 Å². The molecule has 1 heterocycles. The van der Waals surface area contributed by atoms with Crippen LogP contribution in [0.2, 0.25) is 0 Å². The van der Waals surface area contributed by atoms with Crippen LogP contribution in [-0.2, 0) is 32.1 Å². The molecule has 0 radical (unpaired) electrons. The number of benzene rings is 2. The van der Waals surface area contributed by atoms with Crippen molar-refractivity contribution in [2.45, 2.75) is 19.4 Å². The standard InChI is InChI=1S/C21H21NO4/c23-19(13-16-7-3-1-4-8-16)20(24)22-12-11-18(14-22)21(25)26-15-17-9-5-2-6-10-17/h1-10,18H,11-15H2/t18-/m1/s1. The molecule has 1 aliphatic heterocycles. The molecule has 0 unspecified atom stereocenters. The molecule has 1 aliphatic rings. The van der Waals surface area contributed by atoms with Crippen LogP contribution >= 0.6 is 0 Å². The molecule has 134 valence electrons. The number of carbonyl (C=O) groups is 3. The molecule has 5 nitrogen and oxygen atoms in total. The Hall–Kier alpha value is -2.95. The van der Waals surface area contributed by atoms with Gasteiger partial charge in [-0.1, -0.05) is 60.7 Å². The zero-order valence-corrected chi connectivity index (χ0v) is 14.5. The Kier molecular flexibility index (Phi) is 5.79. The van der Waals surface area contributed by atoms with Gasteiger partial charge in [0, 0.05) is 19.5 Å². The highest BCUT2D eigenvalue weighted by Gasteiger charge is 2.34. The number of esters is 1. The summed E-state index contributed by atoms with van der Waals surface area (Å²) < 4.78 is 5.33. The van der Waals surface area contributed by atoms with Crippen molar-refractivity contribution >= 4 is 17.7 Å². The van der Waals surface area contributed by atoms with Crippen molar-refractivity contribution in [3.63, 3.8) is 0 Å². The van der Waals surface area contributed by atoms with Gasteiger partial charge < -0.3 is 9.64 Å². The van der Waals surface area contributed by atoms with E-state index in [1.165, 1.54) is 4.90 Å². The first-order chi connectivity index (χ1) is 12.6. The van der Waals surface area contributed by atoms with E-state index in [9.17, 15) is 14.4 Å². The second-order valence-electron chi connectivity index (χ2n) is 6.42. The summed E-state index contributed by atoms with van der Waals surface area (Å²) in [6, 6.07) is 18.6. The summed E-state index contributed by atoms with van der Waals surface area (Å²) >= 11 is 0. The first-order valence-corrected chi connectivity index (χ1v) is 8.70. The molecule has 0 saturated carbocycles. The van der Waals surface area contributed by atoms with E-state index in [0.29, 0.717) is 13.0 Å². The third kappa shape index (κ3) is 4.57. The summed E-state index contributed by atoms with van der Waals surface area (Å²) in [5.41, 5.74) is 1.73. The number of nitrogens with zero attached hydrogens (tertiary/aromatic N) is 1. The summed E-state index contributed by atoms with van der Waals surface area (Å²) in [6.45, 7) is 0.870. The molecular formula is C21H21NO4. The highest BCUT2D eigenvalue weighted by molar-refractivity contribution is 6.36. The molecule has 0 aliphatic carbocycles. The van der Waals surface area contributed by atoms with Crippen LogP contribution < -0.4 is 0 Å². The number of ether oxygens (including phenoxy) is 1. The normalized spacial score (nSPS) is 16.3. The number of hydrogen-bond donors (Lipinski definition) is 0. The minimum atomic E-state index is -0.521. The van der Waals surface area contributed by atoms with E-state index >= 15 is 0 Å². The molecule has 1 atom stereocenters.